The largest absolute Gasteiger partial charge is 0.316 e. The predicted octanol–water partition coefficient (Wildman–Crippen LogP) is 3.92. The summed E-state index contributed by atoms with van der Waals surface area (Å²) in [6.07, 6.45) is 2.02. The van der Waals surface area contributed by atoms with Crippen molar-refractivity contribution in [1.29, 1.82) is 0 Å². The van der Waals surface area contributed by atoms with Gasteiger partial charge in [0.25, 0.3) is 0 Å². The van der Waals surface area contributed by atoms with Crippen molar-refractivity contribution in [3.8, 4) is 0 Å². The van der Waals surface area contributed by atoms with E-state index in [0.29, 0.717) is 5.92 Å². The molecule has 2 rings (SSSR count). The van der Waals surface area contributed by atoms with E-state index in [-0.39, 0.29) is 5.82 Å². The molecule has 0 fully saturated rings. The van der Waals surface area contributed by atoms with Crippen molar-refractivity contribution in [1.82, 2.24) is 10.3 Å². The molecule has 0 amide bonds. The Bertz CT molecular complexity index is 539. The first-order chi connectivity index (χ1) is 9.70. The van der Waals surface area contributed by atoms with Gasteiger partial charge in [-0.05, 0) is 49.9 Å². The summed E-state index contributed by atoms with van der Waals surface area (Å²) >= 11 is 1.71. The summed E-state index contributed by atoms with van der Waals surface area (Å²) in [5.74, 6) is 0.185. The fraction of sp³-hybridized carbons (Fsp3) is 0.438. The SMILES string of the molecule is CCNCC(CCc1scnc1C)c1cccc(F)c1. The maximum atomic E-state index is 13.4. The number of likely N-dealkylation sites (N-methyl/N-ethyl adjacent to an activating group) is 1. The summed E-state index contributed by atoms with van der Waals surface area (Å²) in [6, 6.07) is 6.97. The van der Waals surface area contributed by atoms with Crippen molar-refractivity contribution >= 4 is 11.3 Å². The molecular formula is C16H21FN2S. The molecule has 1 N–H and O–H groups in total. The van der Waals surface area contributed by atoms with Crippen molar-refractivity contribution < 1.29 is 4.39 Å². The van der Waals surface area contributed by atoms with Gasteiger partial charge in [-0.25, -0.2) is 9.37 Å². The normalized spacial score (nSPS) is 12.6. The average Bonchev–Trinajstić information content (AvgIpc) is 2.84. The number of hydrogen-bond donors (Lipinski definition) is 1. The molecule has 1 atom stereocenters. The van der Waals surface area contributed by atoms with Crippen molar-refractivity contribution in [2.45, 2.75) is 32.6 Å². The van der Waals surface area contributed by atoms with E-state index in [1.165, 1.54) is 10.9 Å². The molecule has 0 spiro atoms. The highest BCUT2D eigenvalue weighted by Crippen LogP contribution is 2.24. The highest BCUT2D eigenvalue weighted by Gasteiger charge is 2.13. The summed E-state index contributed by atoms with van der Waals surface area (Å²) in [6.45, 7) is 5.96. The molecule has 2 nitrogen and oxygen atoms in total. The maximum absolute atomic E-state index is 13.4. The van der Waals surface area contributed by atoms with Crippen LogP contribution in [0.3, 0.4) is 0 Å². The molecule has 0 saturated carbocycles. The van der Waals surface area contributed by atoms with Crippen molar-refractivity contribution in [2.75, 3.05) is 13.1 Å². The van der Waals surface area contributed by atoms with Crippen LogP contribution in [0.25, 0.3) is 0 Å². The molecular weight excluding hydrogens is 271 g/mol. The Morgan fingerprint density at radius 3 is 2.90 bits per heavy atom. The molecule has 4 heteroatoms. The lowest BCUT2D eigenvalue weighted by Crippen LogP contribution is -2.21. The van der Waals surface area contributed by atoms with Crippen LogP contribution in [0.5, 0.6) is 0 Å². The van der Waals surface area contributed by atoms with E-state index < -0.39 is 0 Å². The third kappa shape index (κ3) is 4.12. The van der Waals surface area contributed by atoms with Crippen molar-refractivity contribution in [3.63, 3.8) is 0 Å². The van der Waals surface area contributed by atoms with Crippen LogP contribution < -0.4 is 5.32 Å². The van der Waals surface area contributed by atoms with Crippen LogP contribution in [-0.4, -0.2) is 18.1 Å². The Balaban J connectivity index is 2.05. The maximum Gasteiger partial charge on any atom is 0.123 e. The highest BCUT2D eigenvalue weighted by atomic mass is 32.1. The minimum Gasteiger partial charge on any atom is -0.316 e. The third-order valence-corrected chi connectivity index (χ3v) is 4.52. The number of halogens is 1. The van der Waals surface area contributed by atoms with Gasteiger partial charge in [-0.15, -0.1) is 11.3 Å². The van der Waals surface area contributed by atoms with E-state index in [1.54, 1.807) is 23.5 Å². The van der Waals surface area contributed by atoms with Crippen LogP contribution >= 0.6 is 11.3 Å². The van der Waals surface area contributed by atoms with Crippen molar-refractivity contribution in [3.05, 3.63) is 51.7 Å². The van der Waals surface area contributed by atoms with Gasteiger partial charge in [-0.2, -0.15) is 0 Å². The van der Waals surface area contributed by atoms with Crippen LogP contribution in [0, 0.1) is 12.7 Å². The van der Waals surface area contributed by atoms with Crippen LogP contribution in [0.1, 0.15) is 35.4 Å². The van der Waals surface area contributed by atoms with E-state index in [1.807, 2.05) is 18.5 Å². The molecule has 20 heavy (non-hydrogen) atoms. The van der Waals surface area contributed by atoms with E-state index in [4.69, 9.17) is 0 Å². The van der Waals surface area contributed by atoms with Crippen molar-refractivity contribution in [2.24, 2.45) is 0 Å². The number of nitrogens with one attached hydrogen (secondary N) is 1. The molecule has 1 heterocycles. The number of aromatic nitrogens is 1. The lowest BCUT2D eigenvalue weighted by Gasteiger charge is -2.17. The zero-order valence-electron chi connectivity index (χ0n) is 12.0. The summed E-state index contributed by atoms with van der Waals surface area (Å²) in [4.78, 5) is 5.62. The van der Waals surface area contributed by atoms with Crippen LogP contribution in [0.2, 0.25) is 0 Å². The van der Waals surface area contributed by atoms with Crippen LogP contribution in [0.4, 0.5) is 4.39 Å². The van der Waals surface area contributed by atoms with Gasteiger partial charge in [-0.3, -0.25) is 0 Å². The number of rotatable bonds is 7. The number of benzene rings is 1. The Morgan fingerprint density at radius 2 is 2.25 bits per heavy atom. The minimum absolute atomic E-state index is 0.155. The molecule has 2 aromatic rings. The first kappa shape index (κ1) is 15.1. The summed E-state index contributed by atoms with van der Waals surface area (Å²) in [7, 11) is 0. The number of hydrogen-bond acceptors (Lipinski definition) is 3. The topological polar surface area (TPSA) is 24.9 Å². The van der Waals surface area contributed by atoms with E-state index in [0.717, 1.165) is 37.2 Å². The van der Waals surface area contributed by atoms with E-state index in [2.05, 4.69) is 17.2 Å². The number of nitrogens with zero attached hydrogens (tertiary/aromatic N) is 1. The van der Waals surface area contributed by atoms with Gasteiger partial charge in [0, 0.05) is 11.4 Å². The summed E-state index contributed by atoms with van der Waals surface area (Å²) < 4.78 is 13.4. The Morgan fingerprint density at radius 1 is 1.40 bits per heavy atom. The van der Waals surface area contributed by atoms with Gasteiger partial charge in [0.1, 0.15) is 5.82 Å². The summed E-state index contributed by atoms with van der Waals surface area (Å²) in [5, 5.41) is 3.38. The molecule has 1 unspecified atom stereocenters. The van der Waals surface area contributed by atoms with E-state index >= 15 is 0 Å². The molecule has 0 aliphatic carbocycles. The monoisotopic (exact) mass is 292 g/mol. The summed E-state index contributed by atoms with van der Waals surface area (Å²) in [5.41, 5.74) is 4.09. The smallest absolute Gasteiger partial charge is 0.123 e. The molecule has 0 aliphatic heterocycles. The van der Waals surface area contributed by atoms with Gasteiger partial charge < -0.3 is 5.32 Å². The second-order valence-corrected chi connectivity index (χ2v) is 5.90. The standard InChI is InChI=1S/C16H21FN2S/c1-3-18-10-14(13-5-4-6-15(17)9-13)7-8-16-12(2)19-11-20-16/h4-6,9,11,14,18H,3,7-8,10H2,1-2H3. The van der Waals surface area contributed by atoms with Crippen LogP contribution in [0.15, 0.2) is 29.8 Å². The second kappa shape index (κ2) is 7.50. The third-order valence-electron chi connectivity index (χ3n) is 3.53. The first-order valence-electron chi connectivity index (χ1n) is 7.05. The van der Waals surface area contributed by atoms with Gasteiger partial charge in [0.2, 0.25) is 0 Å². The van der Waals surface area contributed by atoms with Gasteiger partial charge in [0.15, 0.2) is 0 Å². The Hall–Kier alpha value is -1.26. The fourth-order valence-corrected chi connectivity index (χ4v) is 3.13. The predicted molar refractivity (Wildman–Crippen MR) is 82.9 cm³/mol. The van der Waals surface area contributed by atoms with Gasteiger partial charge in [0.05, 0.1) is 11.2 Å². The van der Waals surface area contributed by atoms with E-state index in [9.17, 15) is 4.39 Å². The molecule has 0 aliphatic rings. The van der Waals surface area contributed by atoms with Gasteiger partial charge >= 0.3 is 0 Å². The molecule has 0 radical (unpaired) electrons. The Labute approximate surface area is 124 Å². The molecule has 108 valence electrons. The number of thiazole rings is 1. The Kier molecular flexibility index (Phi) is 5.68. The fourth-order valence-electron chi connectivity index (χ4n) is 2.34. The van der Waals surface area contributed by atoms with Crippen LogP contribution in [-0.2, 0) is 6.42 Å². The quantitative estimate of drug-likeness (QED) is 0.836. The first-order valence-corrected chi connectivity index (χ1v) is 7.93. The average molecular weight is 292 g/mol. The highest BCUT2D eigenvalue weighted by molar-refractivity contribution is 7.09. The lowest BCUT2D eigenvalue weighted by atomic mass is 9.93. The molecule has 1 aromatic carbocycles. The number of aryl methyl sites for hydroxylation is 2. The minimum atomic E-state index is -0.155. The molecule has 0 saturated heterocycles. The zero-order valence-corrected chi connectivity index (χ0v) is 12.8. The zero-order chi connectivity index (χ0) is 14.4. The molecule has 1 aromatic heterocycles. The van der Waals surface area contributed by atoms with Gasteiger partial charge in [-0.1, -0.05) is 19.1 Å². The second-order valence-electron chi connectivity index (χ2n) is 4.96. The lowest BCUT2D eigenvalue weighted by molar-refractivity contribution is 0.556. The molecule has 0 bridgehead atoms.